The monoisotopic (exact) mass is 441 g/mol. The third-order valence-electron chi connectivity index (χ3n) is 5.49. The summed E-state index contributed by atoms with van der Waals surface area (Å²) in [5.74, 6) is 0.350. The minimum Gasteiger partial charge on any atom is -0.299 e. The van der Waals surface area contributed by atoms with Crippen LogP contribution in [0.4, 0.5) is 13.2 Å². The molecule has 0 spiro atoms. The van der Waals surface area contributed by atoms with Crippen molar-refractivity contribution < 1.29 is 26.4 Å². The number of ketones is 1. The van der Waals surface area contributed by atoms with Crippen LogP contribution in [-0.2, 0) is 27.8 Å². The Bertz CT molecular complexity index is 1030. The van der Waals surface area contributed by atoms with Crippen LogP contribution in [0.5, 0.6) is 0 Å². The number of alkyl halides is 3. The van der Waals surface area contributed by atoms with Crippen molar-refractivity contribution >= 4 is 27.6 Å². The van der Waals surface area contributed by atoms with E-state index < -0.39 is 22.9 Å². The van der Waals surface area contributed by atoms with Gasteiger partial charge in [-0.15, -0.1) is 0 Å². The molecule has 0 aromatic carbocycles. The van der Waals surface area contributed by atoms with Crippen LogP contribution in [-0.4, -0.2) is 49.3 Å². The number of carbonyl (C=O) groups excluding carboxylic acids is 1. The molecule has 0 radical (unpaired) electrons. The largest absolute Gasteiger partial charge is 0.402 e. The molecule has 1 saturated carbocycles. The van der Waals surface area contributed by atoms with Crippen LogP contribution in [0.25, 0.3) is 11.6 Å². The highest BCUT2D eigenvalue weighted by Gasteiger charge is 2.33. The van der Waals surface area contributed by atoms with Gasteiger partial charge in [-0.2, -0.15) is 30.6 Å². The summed E-state index contributed by atoms with van der Waals surface area (Å²) >= 11 is 0. The number of nitrogens with one attached hydrogen (secondary N) is 1. The van der Waals surface area contributed by atoms with Crippen LogP contribution in [0.2, 0.25) is 0 Å². The van der Waals surface area contributed by atoms with Gasteiger partial charge in [-0.05, 0) is 36.5 Å². The van der Waals surface area contributed by atoms with E-state index >= 15 is 0 Å². The molecule has 0 saturated heterocycles. The molecular formula is C20H22F3N3O3S. The second-order valence-electron chi connectivity index (χ2n) is 7.82. The Hall–Kier alpha value is -2.04. The van der Waals surface area contributed by atoms with Crippen molar-refractivity contribution in [3.05, 3.63) is 40.7 Å². The van der Waals surface area contributed by atoms with E-state index in [9.17, 15) is 26.4 Å². The molecule has 1 aliphatic heterocycles. The molecule has 0 amide bonds. The molecule has 1 aromatic rings. The fourth-order valence-corrected chi connectivity index (χ4v) is 4.89. The number of halogens is 3. The van der Waals surface area contributed by atoms with Gasteiger partial charge in [0.1, 0.15) is 12.3 Å². The Morgan fingerprint density at radius 1 is 1.30 bits per heavy atom. The van der Waals surface area contributed by atoms with Crippen LogP contribution in [0.15, 0.2) is 18.2 Å². The predicted molar refractivity (Wildman–Crippen MR) is 106 cm³/mol. The quantitative estimate of drug-likeness (QED) is 0.706. The van der Waals surface area contributed by atoms with Crippen molar-refractivity contribution in [2.75, 3.05) is 19.6 Å². The number of hydrogen-bond donors (Lipinski definition) is 1. The highest BCUT2D eigenvalue weighted by molar-refractivity contribution is 7.87. The van der Waals surface area contributed by atoms with Crippen LogP contribution >= 0.6 is 0 Å². The number of pyridine rings is 1. The number of allylic oxidation sites excluding steroid dienone is 1. The van der Waals surface area contributed by atoms with Gasteiger partial charge in [-0.1, -0.05) is 18.2 Å². The molecule has 30 heavy (non-hydrogen) atoms. The van der Waals surface area contributed by atoms with Gasteiger partial charge in [0.25, 0.3) is 10.2 Å². The van der Waals surface area contributed by atoms with E-state index in [2.05, 4.69) is 4.98 Å². The fraction of sp³-hybridized carbons (Fsp3) is 0.500. The minimum absolute atomic E-state index is 0.0142. The van der Waals surface area contributed by atoms with Gasteiger partial charge in [0.15, 0.2) is 0 Å². The first kappa shape index (κ1) is 21.2. The standard InChI is InChI=1S/C20H22F3N3O3S/c21-20(22,23)12-24-30(28,29)26-8-6-13(7-9-26)17-10-15(11-19(27)14-4-5-14)25-18-3-1-2-16(17)18/h1-2,6,10,14,24H,3-5,7-9,11-12H2. The molecule has 2 aliphatic carbocycles. The van der Waals surface area contributed by atoms with Crippen molar-refractivity contribution in [1.29, 1.82) is 0 Å². The minimum atomic E-state index is -4.61. The topological polar surface area (TPSA) is 79.4 Å². The first-order valence-corrected chi connectivity index (χ1v) is 11.3. The Morgan fingerprint density at radius 2 is 2.07 bits per heavy atom. The van der Waals surface area contributed by atoms with E-state index in [1.165, 1.54) is 0 Å². The summed E-state index contributed by atoms with van der Waals surface area (Å²) in [6.07, 6.45) is 4.31. The zero-order chi connectivity index (χ0) is 21.5. The molecule has 3 aliphatic rings. The average molecular weight is 441 g/mol. The van der Waals surface area contributed by atoms with Gasteiger partial charge in [0.2, 0.25) is 0 Å². The highest BCUT2D eigenvalue weighted by Crippen LogP contribution is 2.34. The third kappa shape index (κ3) is 4.81. The van der Waals surface area contributed by atoms with Crippen molar-refractivity contribution in [2.24, 2.45) is 5.92 Å². The lowest BCUT2D eigenvalue weighted by Gasteiger charge is -2.27. The number of fused-ring (bicyclic) bond motifs is 1. The lowest BCUT2D eigenvalue weighted by Crippen LogP contribution is -2.45. The predicted octanol–water partition coefficient (Wildman–Crippen LogP) is 2.66. The molecule has 6 nitrogen and oxygen atoms in total. The summed E-state index contributed by atoms with van der Waals surface area (Å²) in [6.45, 7) is -1.53. The first-order valence-electron chi connectivity index (χ1n) is 9.85. The van der Waals surface area contributed by atoms with E-state index in [1.807, 2.05) is 18.2 Å². The first-order chi connectivity index (χ1) is 14.1. The zero-order valence-electron chi connectivity index (χ0n) is 16.2. The van der Waals surface area contributed by atoms with Crippen molar-refractivity contribution in [3.63, 3.8) is 0 Å². The lowest BCUT2D eigenvalue weighted by molar-refractivity contribution is -0.121. The maximum Gasteiger partial charge on any atom is 0.402 e. The molecule has 0 atom stereocenters. The normalized spacial score (nSPS) is 19.6. The summed E-state index contributed by atoms with van der Waals surface area (Å²) in [5.41, 5.74) is 4.42. The fourth-order valence-electron chi connectivity index (χ4n) is 3.76. The molecule has 1 N–H and O–H groups in total. The van der Waals surface area contributed by atoms with Crippen molar-refractivity contribution in [1.82, 2.24) is 14.0 Å². The van der Waals surface area contributed by atoms with E-state index in [1.54, 1.807) is 10.8 Å². The van der Waals surface area contributed by atoms with Crippen LogP contribution in [0, 0.1) is 5.92 Å². The second kappa shape index (κ2) is 7.90. The Labute approximate surface area is 173 Å². The van der Waals surface area contributed by atoms with E-state index in [0.29, 0.717) is 25.0 Å². The second-order valence-corrected chi connectivity index (χ2v) is 9.58. The number of rotatable bonds is 7. The molecule has 0 bridgehead atoms. The van der Waals surface area contributed by atoms with Gasteiger partial charge >= 0.3 is 6.18 Å². The van der Waals surface area contributed by atoms with E-state index in [0.717, 1.165) is 39.5 Å². The summed E-state index contributed by atoms with van der Waals surface area (Å²) in [7, 11) is -4.21. The van der Waals surface area contributed by atoms with E-state index in [4.69, 9.17) is 0 Å². The van der Waals surface area contributed by atoms with Crippen LogP contribution in [0.1, 0.15) is 41.8 Å². The maximum absolute atomic E-state index is 12.4. The molecule has 10 heteroatoms. The van der Waals surface area contributed by atoms with Gasteiger partial charge in [-0.25, -0.2) is 0 Å². The smallest absolute Gasteiger partial charge is 0.299 e. The molecular weight excluding hydrogens is 419 g/mol. The molecule has 2 heterocycles. The number of aromatic nitrogens is 1. The van der Waals surface area contributed by atoms with Crippen LogP contribution < -0.4 is 4.72 Å². The van der Waals surface area contributed by atoms with Crippen LogP contribution in [0.3, 0.4) is 0 Å². The zero-order valence-corrected chi connectivity index (χ0v) is 17.0. The van der Waals surface area contributed by atoms with Crippen molar-refractivity contribution in [3.8, 4) is 0 Å². The van der Waals surface area contributed by atoms with Gasteiger partial charge < -0.3 is 0 Å². The number of Topliss-reactive ketones (excluding diaryl/α,β-unsaturated/α-hetero) is 1. The molecule has 162 valence electrons. The summed E-state index contributed by atoms with van der Waals surface area (Å²) in [6, 6.07) is 1.90. The molecule has 1 aromatic heterocycles. The van der Waals surface area contributed by atoms with Gasteiger partial charge in [-0.3, -0.25) is 9.78 Å². The van der Waals surface area contributed by atoms with Gasteiger partial charge in [0.05, 0.1) is 5.69 Å². The summed E-state index contributed by atoms with van der Waals surface area (Å²) < 4.78 is 63.9. The lowest BCUT2D eigenvalue weighted by atomic mass is 9.94. The summed E-state index contributed by atoms with van der Waals surface area (Å²) in [5, 5.41) is 0. The summed E-state index contributed by atoms with van der Waals surface area (Å²) in [4.78, 5) is 16.8. The number of nitrogens with zero attached hydrogens (tertiary/aromatic N) is 2. The average Bonchev–Trinajstić information content (AvgIpc) is 3.44. The van der Waals surface area contributed by atoms with Crippen molar-refractivity contribution in [2.45, 2.75) is 38.3 Å². The Morgan fingerprint density at radius 3 is 2.70 bits per heavy atom. The Balaban J connectivity index is 1.52. The molecule has 1 fully saturated rings. The SMILES string of the molecule is O=C(Cc1cc(C2=CCN(S(=O)(=O)NCC(F)(F)F)CC2)c2c(n1)CC=C2)C1CC1. The highest BCUT2D eigenvalue weighted by atomic mass is 32.2. The Kier molecular flexibility index (Phi) is 5.58. The van der Waals surface area contributed by atoms with E-state index in [-0.39, 0.29) is 24.8 Å². The molecule has 4 rings (SSSR count). The maximum atomic E-state index is 12.4. The number of carbonyl (C=O) groups is 1. The number of hydrogen-bond acceptors (Lipinski definition) is 4. The third-order valence-corrected chi connectivity index (χ3v) is 7.01. The molecule has 0 unspecified atom stereocenters. The van der Waals surface area contributed by atoms with Gasteiger partial charge in [0, 0.05) is 43.1 Å².